The highest BCUT2D eigenvalue weighted by Gasteiger charge is 2.22. The fraction of sp³-hybridized carbons (Fsp3) is 0.588. The second kappa shape index (κ2) is 7.98. The summed E-state index contributed by atoms with van der Waals surface area (Å²) >= 11 is 0. The van der Waals surface area contributed by atoms with Crippen molar-refractivity contribution in [1.29, 1.82) is 0 Å². The van der Waals surface area contributed by atoms with Gasteiger partial charge in [-0.15, -0.1) is 0 Å². The SMILES string of the molecule is CCN1CCCC1CNC(N)=NCc1ccc(S(C)(=O)=O)c(C)c1. The van der Waals surface area contributed by atoms with Gasteiger partial charge >= 0.3 is 0 Å². The van der Waals surface area contributed by atoms with Crippen LogP contribution in [0.5, 0.6) is 0 Å². The molecule has 24 heavy (non-hydrogen) atoms. The zero-order valence-electron chi connectivity index (χ0n) is 14.7. The number of rotatable bonds is 6. The molecule has 6 nitrogen and oxygen atoms in total. The fourth-order valence-corrected chi connectivity index (χ4v) is 4.18. The average molecular weight is 353 g/mol. The van der Waals surface area contributed by atoms with Crippen molar-refractivity contribution < 1.29 is 8.42 Å². The summed E-state index contributed by atoms with van der Waals surface area (Å²) < 4.78 is 23.3. The molecule has 1 atom stereocenters. The van der Waals surface area contributed by atoms with Gasteiger partial charge in [-0.25, -0.2) is 13.4 Å². The molecule has 0 amide bonds. The van der Waals surface area contributed by atoms with Crippen LogP contribution in [0.3, 0.4) is 0 Å². The van der Waals surface area contributed by atoms with E-state index < -0.39 is 9.84 Å². The molecule has 1 aliphatic rings. The minimum absolute atomic E-state index is 0.363. The summed E-state index contributed by atoms with van der Waals surface area (Å²) in [7, 11) is -3.18. The van der Waals surface area contributed by atoms with E-state index in [0.717, 1.165) is 30.8 Å². The second-order valence-corrected chi connectivity index (χ2v) is 8.36. The Bertz CT molecular complexity index is 701. The standard InChI is InChI=1S/C17H28N4O2S/c1-4-21-9-5-6-15(21)12-20-17(18)19-11-14-7-8-16(13(2)10-14)24(3,22)23/h7-8,10,15H,4-6,9,11-12H2,1-3H3,(H3,18,19,20). The molecule has 0 saturated carbocycles. The first kappa shape index (κ1) is 18.7. The summed E-state index contributed by atoms with van der Waals surface area (Å²) in [5, 5.41) is 3.20. The van der Waals surface area contributed by atoms with Crippen molar-refractivity contribution in [1.82, 2.24) is 10.2 Å². The maximum Gasteiger partial charge on any atom is 0.188 e. The van der Waals surface area contributed by atoms with Crippen molar-refractivity contribution in [2.45, 2.75) is 44.2 Å². The number of aryl methyl sites for hydroxylation is 1. The Labute approximate surface area is 145 Å². The average Bonchev–Trinajstić information content (AvgIpc) is 2.97. The largest absolute Gasteiger partial charge is 0.370 e. The predicted molar refractivity (Wildman–Crippen MR) is 97.9 cm³/mol. The third-order valence-electron chi connectivity index (χ3n) is 4.49. The van der Waals surface area contributed by atoms with Crippen LogP contribution in [-0.2, 0) is 16.4 Å². The van der Waals surface area contributed by atoms with Crippen LogP contribution in [0, 0.1) is 6.92 Å². The molecule has 1 fully saturated rings. The van der Waals surface area contributed by atoms with Crippen LogP contribution in [0.25, 0.3) is 0 Å². The summed E-state index contributed by atoms with van der Waals surface area (Å²) in [6.07, 6.45) is 3.65. The lowest BCUT2D eigenvalue weighted by Gasteiger charge is -2.23. The van der Waals surface area contributed by atoms with Crippen LogP contribution < -0.4 is 11.1 Å². The van der Waals surface area contributed by atoms with Gasteiger partial charge in [-0.05, 0) is 50.0 Å². The number of hydrogen-bond donors (Lipinski definition) is 2. The number of nitrogens with zero attached hydrogens (tertiary/aromatic N) is 2. The van der Waals surface area contributed by atoms with Gasteiger partial charge in [0.2, 0.25) is 0 Å². The number of hydrogen-bond acceptors (Lipinski definition) is 4. The number of likely N-dealkylation sites (N-methyl/N-ethyl adjacent to an activating group) is 1. The molecular formula is C17H28N4O2S. The second-order valence-electron chi connectivity index (χ2n) is 6.38. The molecular weight excluding hydrogens is 324 g/mol. The molecule has 1 heterocycles. The number of guanidine groups is 1. The maximum atomic E-state index is 11.6. The number of likely N-dealkylation sites (tertiary alicyclic amines) is 1. The molecule has 0 radical (unpaired) electrons. The monoisotopic (exact) mass is 352 g/mol. The summed E-state index contributed by atoms with van der Waals surface area (Å²) in [6, 6.07) is 5.80. The van der Waals surface area contributed by atoms with Crippen molar-refractivity contribution in [2.75, 3.05) is 25.9 Å². The first-order valence-corrected chi connectivity index (χ1v) is 10.3. The zero-order chi connectivity index (χ0) is 17.7. The highest BCUT2D eigenvalue weighted by Crippen LogP contribution is 2.17. The highest BCUT2D eigenvalue weighted by atomic mass is 32.2. The van der Waals surface area contributed by atoms with Gasteiger partial charge in [0.25, 0.3) is 0 Å². The van der Waals surface area contributed by atoms with Crippen molar-refractivity contribution in [2.24, 2.45) is 10.7 Å². The molecule has 0 aliphatic carbocycles. The van der Waals surface area contributed by atoms with Crippen molar-refractivity contribution >= 4 is 15.8 Å². The van der Waals surface area contributed by atoms with Crippen LogP contribution in [0.1, 0.15) is 30.9 Å². The van der Waals surface area contributed by atoms with Gasteiger partial charge in [0.1, 0.15) is 0 Å². The Kier molecular flexibility index (Phi) is 6.23. The maximum absolute atomic E-state index is 11.6. The Hall–Kier alpha value is -1.60. The van der Waals surface area contributed by atoms with Crippen LogP contribution in [0.2, 0.25) is 0 Å². The quantitative estimate of drug-likeness (QED) is 0.595. The van der Waals surface area contributed by atoms with Gasteiger partial charge in [-0.1, -0.05) is 19.1 Å². The van der Waals surface area contributed by atoms with Gasteiger partial charge in [-0.3, -0.25) is 4.90 Å². The van der Waals surface area contributed by atoms with Gasteiger partial charge in [-0.2, -0.15) is 0 Å². The number of sulfone groups is 1. The summed E-state index contributed by atoms with van der Waals surface area (Å²) in [6.45, 7) is 7.45. The molecule has 1 saturated heterocycles. The predicted octanol–water partition coefficient (Wildman–Crippen LogP) is 1.29. The van der Waals surface area contributed by atoms with Crippen LogP contribution >= 0.6 is 0 Å². The van der Waals surface area contributed by atoms with Crippen LogP contribution in [-0.4, -0.2) is 51.2 Å². The van der Waals surface area contributed by atoms with E-state index in [9.17, 15) is 8.42 Å². The Morgan fingerprint density at radius 3 is 2.83 bits per heavy atom. The molecule has 1 unspecified atom stereocenters. The van der Waals surface area contributed by atoms with Crippen molar-refractivity contribution in [3.63, 3.8) is 0 Å². The Morgan fingerprint density at radius 2 is 2.21 bits per heavy atom. The van der Waals surface area contributed by atoms with Gasteiger partial charge in [0.05, 0.1) is 11.4 Å². The molecule has 2 rings (SSSR count). The zero-order valence-corrected chi connectivity index (χ0v) is 15.6. The molecule has 1 aromatic carbocycles. The molecule has 1 aromatic rings. The minimum atomic E-state index is -3.18. The Balaban J connectivity index is 1.91. The van der Waals surface area contributed by atoms with E-state index in [2.05, 4.69) is 22.1 Å². The number of benzene rings is 1. The van der Waals surface area contributed by atoms with Crippen LogP contribution in [0.15, 0.2) is 28.1 Å². The van der Waals surface area contributed by atoms with Crippen LogP contribution in [0.4, 0.5) is 0 Å². The normalized spacial score (nSPS) is 19.6. The van der Waals surface area contributed by atoms with E-state index >= 15 is 0 Å². The lowest BCUT2D eigenvalue weighted by molar-refractivity contribution is 0.267. The lowest BCUT2D eigenvalue weighted by atomic mass is 10.1. The summed E-state index contributed by atoms with van der Waals surface area (Å²) in [5.74, 6) is 0.433. The third-order valence-corrected chi connectivity index (χ3v) is 5.75. The first-order valence-electron chi connectivity index (χ1n) is 8.38. The molecule has 7 heteroatoms. The van der Waals surface area contributed by atoms with E-state index in [-0.39, 0.29) is 0 Å². The van der Waals surface area contributed by atoms with E-state index in [1.165, 1.54) is 19.1 Å². The van der Waals surface area contributed by atoms with Crippen molar-refractivity contribution in [3.8, 4) is 0 Å². The molecule has 0 aromatic heterocycles. The molecule has 134 valence electrons. The topological polar surface area (TPSA) is 87.8 Å². The Morgan fingerprint density at radius 1 is 1.46 bits per heavy atom. The van der Waals surface area contributed by atoms with E-state index in [1.54, 1.807) is 19.1 Å². The summed E-state index contributed by atoms with van der Waals surface area (Å²) in [4.78, 5) is 7.17. The fourth-order valence-electron chi connectivity index (χ4n) is 3.22. The van der Waals surface area contributed by atoms with Crippen molar-refractivity contribution in [3.05, 3.63) is 29.3 Å². The number of nitrogens with one attached hydrogen (secondary N) is 1. The van der Waals surface area contributed by atoms with E-state index in [0.29, 0.717) is 23.4 Å². The van der Waals surface area contributed by atoms with Gasteiger partial charge < -0.3 is 11.1 Å². The smallest absolute Gasteiger partial charge is 0.188 e. The lowest BCUT2D eigenvalue weighted by Crippen LogP contribution is -2.42. The molecule has 0 bridgehead atoms. The van der Waals surface area contributed by atoms with Gasteiger partial charge in [0, 0.05) is 18.8 Å². The molecule has 3 N–H and O–H groups in total. The highest BCUT2D eigenvalue weighted by molar-refractivity contribution is 7.90. The minimum Gasteiger partial charge on any atom is -0.370 e. The third kappa shape index (κ3) is 4.95. The molecule has 0 spiro atoms. The van der Waals surface area contributed by atoms with E-state index in [1.807, 2.05) is 6.07 Å². The number of nitrogens with two attached hydrogens (primary N) is 1. The number of aliphatic imine (C=N–C) groups is 1. The molecule has 1 aliphatic heterocycles. The van der Waals surface area contributed by atoms with E-state index in [4.69, 9.17) is 5.73 Å². The summed E-state index contributed by atoms with van der Waals surface area (Å²) in [5.41, 5.74) is 7.63. The van der Waals surface area contributed by atoms with Gasteiger partial charge in [0.15, 0.2) is 15.8 Å². The first-order chi connectivity index (χ1) is 11.3.